The lowest BCUT2D eigenvalue weighted by molar-refractivity contribution is -0.131. The van der Waals surface area contributed by atoms with Crippen molar-refractivity contribution in [1.29, 1.82) is 0 Å². The normalized spacial score (nSPS) is 18.6. The van der Waals surface area contributed by atoms with E-state index in [1.54, 1.807) is 22.7 Å². The molecule has 112 valence electrons. The van der Waals surface area contributed by atoms with Gasteiger partial charge in [-0.25, -0.2) is 4.98 Å². The van der Waals surface area contributed by atoms with Crippen molar-refractivity contribution < 1.29 is 4.79 Å². The molecule has 0 aromatic carbocycles. The number of aromatic nitrogens is 1. The van der Waals surface area contributed by atoms with Crippen LogP contribution in [0, 0.1) is 0 Å². The van der Waals surface area contributed by atoms with Crippen LogP contribution >= 0.6 is 22.7 Å². The first kappa shape index (κ1) is 14.7. The zero-order valence-corrected chi connectivity index (χ0v) is 14.0. The summed E-state index contributed by atoms with van der Waals surface area (Å²) in [5.41, 5.74) is 2.21. The number of amides is 1. The fourth-order valence-electron chi connectivity index (χ4n) is 2.80. The molecule has 1 saturated heterocycles. The van der Waals surface area contributed by atoms with E-state index >= 15 is 0 Å². The van der Waals surface area contributed by atoms with Crippen molar-refractivity contribution in [2.24, 2.45) is 0 Å². The van der Waals surface area contributed by atoms with Gasteiger partial charge in [-0.3, -0.25) is 4.79 Å². The van der Waals surface area contributed by atoms with Gasteiger partial charge in [0.2, 0.25) is 5.91 Å². The Balaban J connectivity index is 1.69. The minimum atomic E-state index is 0.212. The standard InChI is InChI=1S/C16H20N2OS2/c1-11(2)16-17-13(10-21-16)8-15(19)18-6-3-4-14(18)12-5-7-20-9-12/h5,7,9-11,14H,3-4,6,8H2,1-2H3/t14-/m1/s1. The molecule has 2 aromatic heterocycles. The molecule has 1 atom stereocenters. The fourth-order valence-corrected chi connectivity index (χ4v) is 4.34. The molecule has 0 unspecified atom stereocenters. The number of thiophene rings is 1. The van der Waals surface area contributed by atoms with E-state index < -0.39 is 0 Å². The molecule has 5 heteroatoms. The highest BCUT2D eigenvalue weighted by Gasteiger charge is 2.30. The van der Waals surface area contributed by atoms with Crippen molar-refractivity contribution >= 4 is 28.6 Å². The second-order valence-electron chi connectivity index (χ2n) is 5.81. The van der Waals surface area contributed by atoms with Gasteiger partial charge in [-0.1, -0.05) is 13.8 Å². The number of carbonyl (C=O) groups is 1. The number of carbonyl (C=O) groups excluding carboxylic acids is 1. The number of nitrogens with zero attached hydrogens (tertiary/aromatic N) is 2. The Morgan fingerprint density at radius 2 is 2.33 bits per heavy atom. The minimum absolute atomic E-state index is 0.212. The van der Waals surface area contributed by atoms with Crippen LogP contribution in [0.4, 0.5) is 0 Å². The van der Waals surface area contributed by atoms with E-state index in [9.17, 15) is 4.79 Å². The number of thiazole rings is 1. The van der Waals surface area contributed by atoms with Gasteiger partial charge in [0.1, 0.15) is 0 Å². The van der Waals surface area contributed by atoms with Crippen LogP contribution in [0.3, 0.4) is 0 Å². The first-order chi connectivity index (χ1) is 10.1. The van der Waals surface area contributed by atoms with Gasteiger partial charge < -0.3 is 4.90 Å². The summed E-state index contributed by atoms with van der Waals surface area (Å²) in [5.74, 6) is 0.647. The molecule has 0 bridgehead atoms. The first-order valence-corrected chi connectivity index (χ1v) is 9.23. The number of hydrogen-bond donors (Lipinski definition) is 0. The summed E-state index contributed by atoms with van der Waals surface area (Å²) >= 11 is 3.36. The van der Waals surface area contributed by atoms with E-state index in [2.05, 4.69) is 35.7 Å². The highest BCUT2D eigenvalue weighted by Crippen LogP contribution is 2.33. The molecule has 2 aromatic rings. The summed E-state index contributed by atoms with van der Waals surface area (Å²) in [4.78, 5) is 19.2. The minimum Gasteiger partial charge on any atom is -0.335 e. The average molecular weight is 320 g/mol. The molecule has 3 rings (SSSR count). The lowest BCUT2D eigenvalue weighted by atomic mass is 10.1. The SMILES string of the molecule is CC(C)c1nc(CC(=O)N2CCC[C@@H]2c2ccsc2)cs1. The van der Waals surface area contributed by atoms with Crippen molar-refractivity contribution in [2.45, 2.75) is 45.1 Å². The van der Waals surface area contributed by atoms with Gasteiger partial charge in [-0.15, -0.1) is 11.3 Å². The largest absolute Gasteiger partial charge is 0.335 e. The summed E-state index contributed by atoms with van der Waals surface area (Å²) in [6.45, 7) is 5.15. The molecular weight excluding hydrogens is 300 g/mol. The monoisotopic (exact) mass is 320 g/mol. The Labute approximate surface area is 133 Å². The third-order valence-corrected chi connectivity index (χ3v) is 5.79. The topological polar surface area (TPSA) is 33.2 Å². The van der Waals surface area contributed by atoms with E-state index in [0.29, 0.717) is 12.3 Å². The predicted octanol–water partition coefficient (Wildman–Crippen LogP) is 4.23. The molecule has 0 saturated carbocycles. The smallest absolute Gasteiger partial charge is 0.229 e. The molecule has 0 spiro atoms. The molecule has 21 heavy (non-hydrogen) atoms. The van der Waals surface area contributed by atoms with Gasteiger partial charge in [0.25, 0.3) is 0 Å². The van der Waals surface area contributed by atoms with Crippen LogP contribution in [0.5, 0.6) is 0 Å². The van der Waals surface area contributed by atoms with Crippen molar-refractivity contribution in [1.82, 2.24) is 9.88 Å². The number of likely N-dealkylation sites (tertiary alicyclic amines) is 1. The molecule has 0 radical (unpaired) electrons. The van der Waals surface area contributed by atoms with E-state index in [1.165, 1.54) is 5.56 Å². The van der Waals surface area contributed by atoms with Crippen LogP contribution < -0.4 is 0 Å². The zero-order valence-electron chi connectivity index (χ0n) is 12.4. The van der Waals surface area contributed by atoms with Crippen molar-refractivity contribution in [3.8, 4) is 0 Å². The van der Waals surface area contributed by atoms with Gasteiger partial charge in [0, 0.05) is 17.8 Å². The van der Waals surface area contributed by atoms with Gasteiger partial charge in [0.15, 0.2) is 0 Å². The fraction of sp³-hybridized carbons (Fsp3) is 0.500. The Kier molecular flexibility index (Phi) is 4.40. The molecule has 1 aliphatic heterocycles. The third kappa shape index (κ3) is 3.19. The van der Waals surface area contributed by atoms with Crippen LogP contribution in [-0.4, -0.2) is 22.3 Å². The summed E-state index contributed by atoms with van der Waals surface area (Å²) < 4.78 is 0. The summed E-state index contributed by atoms with van der Waals surface area (Å²) in [5, 5.41) is 7.40. The molecule has 0 N–H and O–H groups in total. The highest BCUT2D eigenvalue weighted by molar-refractivity contribution is 7.09. The molecule has 3 heterocycles. The molecule has 3 nitrogen and oxygen atoms in total. The lowest BCUT2D eigenvalue weighted by Crippen LogP contribution is -2.31. The second kappa shape index (κ2) is 6.28. The van der Waals surface area contributed by atoms with Crippen LogP contribution in [0.2, 0.25) is 0 Å². The molecule has 1 amide bonds. The zero-order chi connectivity index (χ0) is 14.8. The molecule has 0 aliphatic carbocycles. The Bertz CT molecular complexity index is 604. The van der Waals surface area contributed by atoms with E-state index in [-0.39, 0.29) is 11.9 Å². The Hall–Kier alpha value is -1.20. The van der Waals surface area contributed by atoms with E-state index in [0.717, 1.165) is 30.1 Å². The molecule has 1 aliphatic rings. The number of rotatable bonds is 4. The highest BCUT2D eigenvalue weighted by atomic mass is 32.1. The average Bonchev–Trinajstić information content (AvgIpc) is 3.19. The summed E-state index contributed by atoms with van der Waals surface area (Å²) in [7, 11) is 0. The maximum atomic E-state index is 12.6. The van der Waals surface area contributed by atoms with Gasteiger partial charge in [-0.2, -0.15) is 11.3 Å². The Morgan fingerprint density at radius 1 is 1.48 bits per heavy atom. The number of hydrogen-bond acceptors (Lipinski definition) is 4. The summed E-state index contributed by atoms with van der Waals surface area (Å²) in [6, 6.07) is 2.41. The van der Waals surface area contributed by atoms with Crippen molar-refractivity contribution in [2.75, 3.05) is 6.54 Å². The quantitative estimate of drug-likeness (QED) is 0.844. The van der Waals surface area contributed by atoms with Crippen LogP contribution in [-0.2, 0) is 11.2 Å². The maximum absolute atomic E-state index is 12.6. The van der Waals surface area contributed by atoms with Crippen LogP contribution in [0.1, 0.15) is 54.9 Å². The van der Waals surface area contributed by atoms with Gasteiger partial charge in [0.05, 0.1) is 23.2 Å². The van der Waals surface area contributed by atoms with Crippen molar-refractivity contribution in [3.63, 3.8) is 0 Å². The Morgan fingerprint density at radius 3 is 3.00 bits per heavy atom. The first-order valence-electron chi connectivity index (χ1n) is 7.41. The van der Waals surface area contributed by atoms with E-state index in [4.69, 9.17) is 0 Å². The van der Waals surface area contributed by atoms with Crippen LogP contribution in [0.25, 0.3) is 0 Å². The lowest BCUT2D eigenvalue weighted by Gasteiger charge is -2.24. The summed E-state index contributed by atoms with van der Waals surface area (Å²) in [6.07, 6.45) is 2.61. The van der Waals surface area contributed by atoms with E-state index in [1.807, 2.05) is 10.3 Å². The van der Waals surface area contributed by atoms with Gasteiger partial charge >= 0.3 is 0 Å². The van der Waals surface area contributed by atoms with Crippen molar-refractivity contribution in [3.05, 3.63) is 38.5 Å². The predicted molar refractivity (Wildman–Crippen MR) is 87.9 cm³/mol. The molecular formula is C16H20N2OS2. The van der Waals surface area contributed by atoms with Crippen LogP contribution in [0.15, 0.2) is 22.2 Å². The second-order valence-corrected chi connectivity index (χ2v) is 7.48. The molecule has 1 fully saturated rings. The van der Waals surface area contributed by atoms with Gasteiger partial charge in [-0.05, 0) is 35.2 Å². The third-order valence-electron chi connectivity index (χ3n) is 3.90. The maximum Gasteiger partial charge on any atom is 0.229 e.